The van der Waals surface area contributed by atoms with E-state index in [2.05, 4.69) is 6.92 Å². The average Bonchev–Trinajstić information content (AvgIpc) is 2.37. The molecule has 1 aliphatic heterocycles. The van der Waals surface area contributed by atoms with E-state index in [-0.39, 0.29) is 19.1 Å². The highest BCUT2D eigenvalue weighted by Gasteiger charge is 2.24. The van der Waals surface area contributed by atoms with Crippen molar-refractivity contribution >= 4 is 11.6 Å². The van der Waals surface area contributed by atoms with Gasteiger partial charge in [-0.25, -0.2) is 0 Å². The molecule has 1 heterocycles. The maximum atomic E-state index is 11.8. The number of rotatable bonds is 4. The molecule has 17 heavy (non-hydrogen) atoms. The molecule has 0 spiro atoms. The van der Waals surface area contributed by atoms with Gasteiger partial charge in [0.05, 0.1) is 12.3 Å². The van der Waals surface area contributed by atoms with Crippen molar-refractivity contribution in [1.82, 2.24) is 0 Å². The zero-order chi connectivity index (χ0) is 12.3. The summed E-state index contributed by atoms with van der Waals surface area (Å²) in [7, 11) is 0. The van der Waals surface area contributed by atoms with Gasteiger partial charge < -0.3 is 14.7 Å². The van der Waals surface area contributed by atoms with Gasteiger partial charge in [0.15, 0.2) is 6.61 Å². The monoisotopic (exact) mass is 235 g/mol. The number of anilines is 1. The van der Waals surface area contributed by atoms with Crippen LogP contribution in [-0.2, 0) is 11.4 Å². The first kappa shape index (κ1) is 11.9. The number of ether oxygens (including phenoxy) is 1. The molecule has 1 amide bonds. The summed E-state index contributed by atoms with van der Waals surface area (Å²) in [5.41, 5.74) is 1.61. The summed E-state index contributed by atoms with van der Waals surface area (Å²) in [5, 5.41) is 9.06. The first-order valence-corrected chi connectivity index (χ1v) is 5.93. The maximum Gasteiger partial charge on any atom is 0.265 e. The van der Waals surface area contributed by atoms with Gasteiger partial charge in [-0.2, -0.15) is 0 Å². The Morgan fingerprint density at radius 3 is 3.00 bits per heavy atom. The molecule has 1 N–H and O–H groups in total. The van der Waals surface area contributed by atoms with Crippen LogP contribution in [-0.4, -0.2) is 24.2 Å². The van der Waals surface area contributed by atoms with E-state index >= 15 is 0 Å². The summed E-state index contributed by atoms with van der Waals surface area (Å²) in [4.78, 5) is 13.5. The van der Waals surface area contributed by atoms with Crippen molar-refractivity contribution in [2.24, 2.45) is 0 Å². The van der Waals surface area contributed by atoms with Crippen molar-refractivity contribution in [2.75, 3.05) is 18.1 Å². The van der Waals surface area contributed by atoms with Crippen LogP contribution in [0.5, 0.6) is 5.75 Å². The Morgan fingerprint density at radius 1 is 1.47 bits per heavy atom. The molecular formula is C13H17NO3. The Kier molecular flexibility index (Phi) is 3.64. The average molecular weight is 235 g/mol. The van der Waals surface area contributed by atoms with E-state index in [9.17, 15) is 4.79 Å². The third-order valence-corrected chi connectivity index (χ3v) is 2.89. The van der Waals surface area contributed by atoms with Crippen LogP contribution in [0.4, 0.5) is 5.69 Å². The summed E-state index contributed by atoms with van der Waals surface area (Å²) >= 11 is 0. The van der Waals surface area contributed by atoms with Gasteiger partial charge in [0.25, 0.3) is 5.91 Å². The summed E-state index contributed by atoms with van der Waals surface area (Å²) in [6.45, 7) is 2.90. The standard InChI is InChI=1S/C13H17NO3/c1-2-3-6-14-11-5-4-10(8-15)7-12(11)17-9-13(14)16/h4-5,7,15H,2-3,6,8-9H2,1H3. The molecule has 0 unspecified atom stereocenters. The number of unbranched alkanes of at least 4 members (excludes halogenated alkanes) is 1. The topological polar surface area (TPSA) is 49.8 Å². The molecule has 1 aromatic rings. The number of nitrogens with zero attached hydrogens (tertiary/aromatic N) is 1. The van der Waals surface area contributed by atoms with Crippen molar-refractivity contribution in [3.05, 3.63) is 23.8 Å². The summed E-state index contributed by atoms with van der Waals surface area (Å²) in [6.07, 6.45) is 2.03. The van der Waals surface area contributed by atoms with E-state index in [1.54, 1.807) is 11.0 Å². The van der Waals surface area contributed by atoms with Crippen LogP contribution in [0.3, 0.4) is 0 Å². The van der Waals surface area contributed by atoms with Crippen molar-refractivity contribution in [3.8, 4) is 5.75 Å². The summed E-state index contributed by atoms with van der Waals surface area (Å²) in [5.74, 6) is 0.690. The molecule has 2 rings (SSSR count). The normalized spacial score (nSPS) is 14.5. The molecular weight excluding hydrogens is 218 g/mol. The van der Waals surface area contributed by atoms with Gasteiger partial charge in [-0.1, -0.05) is 19.4 Å². The van der Waals surface area contributed by atoms with Crippen LogP contribution in [0.1, 0.15) is 25.3 Å². The zero-order valence-corrected chi connectivity index (χ0v) is 9.98. The second-order valence-electron chi connectivity index (χ2n) is 4.15. The number of hydrogen-bond acceptors (Lipinski definition) is 3. The predicted molar refractivity (Wildman–Crippen MR) is 65.1 cm³/mol. The second kappa shape index (κ2) is 5.19. The van der Waals surface area contributed by atoms with Gasteiger partial charge in [0.2, 0.25) is 0 Å². The van der Waals surface area contributed by atoms with Crippen molar-refractivity contribution in [1.29, 1.82) is 0 Å². The number of hydrogen-bond donors (Lipinski definition) is 1. The molecule has 0 bridgehead atoms. The third-order valence-electron chi connectivity index (χ3n) is 2.89. The molecule has 1 aliphatic rings. The summed E-state index contributed by atoms with van der Waals surface area (Å²) < 4.78 is 5.39. The zero-order valence-electron chi connectivity index (χ0n) is 9.98. The van der Waals surface area contributed by atoms with E-state index in [0.717, 1.165) is 30.6 Å². The number of aliphatic hydroxyl groups is 1. The Morgan fingerprint density at radius 2 is 2.29 bits per heavy atom. The third kappa shape index (κ3) is 2.42. The first-order chi connectivity index (χ1) is 8.26. The van der Waals surface area contributed by atoms with Crippen LogP contribution in [0.25, 0.3) is 0 Å². The summed E-state index contributed by atoms with van der Waals surface area (Å²) in [6, 6.07) is 5.45. The quantitative estimate of drug-likeness (QED) is 0.864. The molecule has 4 heteroatoms. The molecule has 4 nitrogen and oxygen atoms in total. The van der Waals surface area contributed by atoms with Crippen LogP contribution in [0.15, 0.2) is 18.2 Å². The molecule has 0 aliphatic carbocycles. The molecule has 0 saturated carbocycles. The van der Waals surface area contributed by atoms with Crippen molar-refractivity contribution in [3.63, 3.8) is 0 Å². The van der Waals surface area contributed by atoms with E-state index in [4.69, 9.17) is 9.84 Å². The number of carbonyl (C=O) groups is 1. The number of fused-ring (bicyclic) bond motifs is 1. The maximum absolute atomic E-state index is 11.8. The van der Waals surface area contributed by atoms with E-state index in [0.29, 0.717) is 5.75 Å². The van der Waals surface area contributed by atoms with Gasteiger partial charge in [-0.3, -0.25) is 4.79 Å². The Balaban J connectivity index is 2.28. The SMILES string of the molecule is CCCCN1C(=O)COc2cc(CO)ccc21. The van der Waals surface area contributed by atoms with Crippen LogP contribution >= 0.6 is 0 Å². The van der Waals surface area contributed by atoms with Gasteiger partial charge >= 0.3 is 0 Å². The minimum Gasteiger partial charge on any atom is -0.482 e. The fourth-order valence-electron chi connectivity index (χ4n) is 1.91. The number of aliphatic hydroxyl groups excluding tert-OH is 1. The van der Waals surface area contributed by atoms with Gasteiger partial charge in [-0.15, -0.1) is 0 Å². The molecule has 0 radical (unpaired) electrons. The van der Waals surface area contributed by atoms with Crippen LogP contribution in [0.2, 0.25) is 0 Å². The van der Waals surface area contributed by atoms with Gasteiger partial charge in [-0.05, 0) is 24.1 Å². The van der Waals surface area contributed by atoms with Crippen molar-refractivity contribution in [2.45, 2.75) is 26.4 Å². The lowest BCUT2D eigenvalue weighted by atomic mass is 10.1. The highest BCUT2D eigenvalue weighted by molar-refractivity contribution is 5.97. The fourth-order valence-corrected chi connectivity index (χ4v) is 1.91. The molecule has 0 aromatic heterocycles. The van der Waals surface area contributed by atoms with Crippen LogP contribution in [0, 0.1) is 0 Å². The molecule has 0 saturated heterocycles. The highest BCUT2D eigenvalue weighted by Crippen LogP contribution is 2.33. The lowest BCUT2D eigenvalue weighted by Gasteiger charge is -2.29. The molecule has 0 fully saturated rings. The highest BCUT2D eigenvalue weighted by atomic mass is 16.5. The number of benzene rings is 1. The largest absolute Gasteiger partial charge is 0.482 e. The van der Waals surface area contributed by atoms with Crippen molar-refractivity contribution < 1.29 is 14.6 Å². The second-order valence-corrected chi connectivity index (χ2v) is 4.15. The molecule has 0 atom stereocenters. The van der Waals surface area contributed by atoms with Gasteiger partial charge in [0.1, 0.15) is 5.75 Å². The fraction of sp³-hybridized carbons (Fsp3) is 0.462. The van der Waals surface area contributed by atoms with Crippen LogP contribution < -0.4 is 9.64 Å². The lowest BCUT2D eigenvalue weighted by Crippen LogP contribution is -2.39. The predicted octanol–water partition coefficient (Wildman–Crippen LogP) is 1.70. The first-order valence-electron chi connectivity index (χ1n) is 5.93. The molecule has 1 aromatic carbocycles. The lowest BCUT2D eigenvalue weighted by molar-refractivity contribution is -0.121. The minimum absolute atomic E-state index is 0.00250. The van der Waals surface area contributed by atoms with Gasteiger partial charge in [0, 0.05) is 6.54 Å². The van der Waals surface area contributed by atoms with E-state index in [1.165, 1.54) is 0 Å². The Bertz CT molecular complexity index is 417. The number of carbonyl (C=O) groups excluding carboxylic acids is 1. The molecule has 92 valence electrons. The van der Waals surface area contributed by atoms with E-state index < -0.39 is 0 Å². The Labute approximate surface area is 101 Å². The smallest absolute Gasteiger partial charge is 0.265 e. The minimum atomic E-state index is -0.0143. The van der Waals surface area contributed by atoms with E-state index in [1.807, 2.05) is 12.1 Å². The number of amides is 1. The Hall–Kier alpha value is -1.55.